The Bertz CT molecular complexity index is 593. The summed E-state index contributed by atoms with van der Waals surface area (Å²) in [5, 5.41) is 17.6. The lowest BCUT2D eigenvalue weighted by molar-refractivity contribution is 1.40. The van der Waals surface area contributed by atoms with Gasteiger partial charge in [-0.05, 0) is 17.7 Å². The monoisotopic (exact) mass is 208 g/mol. The fourth-order valence-electron chi connectivity index (χ4n) is 1.51. The van der Waals surface area contributed by atoms with Crippen molar-refractivity contribution >= 4 is 5.82 Å². The van der Waals surface area contributed by atoms with Gasteiger partial charge in [0.25, 0.3) is 0 Å². The summed E-state index contributed by atoms with van der Waals surface area (Å²) in [7, 11) is 0. The van der Waals surface area contributed by atoms with E-state index in [9.17, 15) is 0 Å². The molecule has 3 N–H and O–H groups in total. The molecular weight excluding hydrogens is 200 g/mol. The van der Waals surface area contributed by atoms with Crippen molar-refractivity contribution in [2.24, 2.45) is 0 Å². The molecule has 4 heteroatoms. The zero-order valence-corrected chi connectivity index (χ0v) is 8.36. The van der Waals surface area contributed by atoms with Gasteiger partial charge < -0.3 is 10.7 Å². The second-order valence-electron chi connectivity index (χ2n) is 3.29. The van der Waals surface area contributed by atoms with Crippen LogP contribution in [0.4, 0.5) is 5.82 Å². The van der Waals surface area contributed by atoms with E-state index < -0.39 is 0 Å². The topological polar surface area (TPSA) is 89.4 Å². The maximum atomic E-state index is 8.95. The van der Waals surface area contributed by atoms with Crippen LogP contribution in [0.2, 0.25) is 0 Å². The third kappa shape index (κ3) is 1.49. The minimum Gasteiger partial charge on any atom is -0.384 e. The van der Waals surface area contributed by atoms with Crippen molar-refractivity contribution in [2.45, 2.75) is 0 Å². The van der Waals surface area contributed by atoms with Crippen LogP contribution in [0.5, 0.6) is 0 Å². The lowest BCUT2D eigenvalue weighted by atomic mass is 10.0. The quantitative estimate of drug-likeness (QED) is 0.751. The van der Waals surface area contributed by atoms with Crippen LogP contribution in [-0.2, 0) is 0 Å². The van der Waals surface area contributed by atoms with Crippen LogP contribution in [0, 0.1) is 22.7 Å². The maximum Gasteiger partial charge on any atom is 0.119 e. The molecule has 0 aliphatic carbocycles. The normalized spacial score (nSPS) is 9.38. The van der Waals surface area contributed by atoms with E-state index in [0.29, 0.717) is 16.9 Å². The number of aromatic nitrogens is 1. The highest BCUT2D eigenvalue weighted by Crippen LogP contribution is 2.26. The molecule has 76 valence electrons. The molecule has 4 nitrogen and oxygen atoms in total. The molecule has 0 radical (unpaired) electrons. The van der Waals surface area contributed by atoms with Gasteiger partial charge in [0.1, 0.15) is 17.5 Å². The number of hydrogen-bond donors (Lipinski definition) is 2. The molecule has 1 heterocycles. The van der Waals surface area contributed by atoms with E-state index in [4.69, 9.17) is 16.3 Å². The molecule has 0 aliphatic heterocycles. The van der Waals surface area contributed by atoms with Crippen molar-refractivity contribution in [1.82, 2.24) is 4.98 Å². The van der Waals surface area contributed by atoms with Crippen LogP contribution in [0.1, 0.15) is 11.1 Å². The van der Waals surface area contributed by atoms with Crippen molar-refractivity contribution in [3.63, 3.8) is 0 Å². The first kappa shape index (κ1) is 9.82. The highest BCUT2D eigenvalue weighted by molar-refractivity contribution is 5.76. The largest absolute Gasteiger partial charge is 0.384 e. The minimum atomic E-state index is 0.363. The zero-order chi connectivity index (χ0) is 11.5. The molecule has 0 aliphatic rings. The summed E-state index contributed by atoms with van der Waals surface area (Å²) >= 11 is 0. The molecule has 0 saturated carbocycles. The van der Waals surface area contributed by atoms with Crippen molar-refractivity contribution in [1.29, 1.82) is 10.5 Å². The SMILES string of the molecule is N#Cc1ccc(-c2c[nH]c(N)c2C#N)cc1. The van der Waals surface area contributed by atoms with Crippen molar-refractivity contribution in [2.75, 3.05) is 5.73 Å². The molecule has 16 heavy (non-hydrogen) atoms. The molecule has 0 amide bonds. The molecule has 0 bridgehead atoms. The van der Waals surface area contributed by atoms with Gasteiger partial charge in [-0.1, -0.05) is 12.1 Å². The van der Waals surface area contributed by atoms with Gasteiger partial charge in [-0.25, -0.2) is 0 Å². The van der Waals surface area contributed by atoms with Gasteiger partial charge in [-0.3, -0.25) is 0 Å². The van der Waals surface area contributed by atoms with E-state index in [1.165, 1.54) is 0 Å². The number of nitriles is 2. The van der Waals surface area contributed by atoms with Crippen LogP contribution in [0.25, 0.3) is 11.1 Å². The van der Waals surface area contributed by atoms with Crippen LogP contribution in [-0.4, -0.2) is 4.98 Å². The number of nitrogens with one attached hydrogen (secondary N) is 1. The first-order valence-corrected chi connectivity index (χ1v) is 4.63. The van der Waals surface area contributed by atoms with Crippen molar-refractivity contribution in [3.05, 3.63) is 41.6 Å². The highest BCUT2D eigenvalue weighted by atomic mass is 14.8. The lowest BCUT2D eigenvalue weighted by Gasteiger charge is -1.98. The van der Waals surface area contributed by atoms with E-state index in [2.05, 4.69) is 4.98 Å². The third-order valence-electron chi connectivity index (χ3n) is 2.35. The Labute approximate surface area is 92.6 Å². The lowest BCUT2D eigenvalue weighted by Crippen LogP contribution is -1.87. The average Bonchev–Trinajstić information content (AvgIpc) is 2.70. The molecular formula is C12H8N4. The molecule has 0 fully saturated rings. The van der Waals surface area contributed by atoms with Gasteiger partial charge in [-0.15, -0.1) is 0 Å². The molecule has 1 aromatic heterocycles. The number of H-pyrrole nitrogens is 1. The first-order valence-electron chi connectivity index (χ1n) is 4.63. The molecule has 0 atom stereocenters. The Hall–Kier alpha value is -2.72. The predicted octanol–water partition coefficient (Wildman–Crippen LogP) is 2.01. The van der Waals surface area contributed by atoms with Gasteiger partial charge in [0.05, 0.1) is 11.6 Å². The number of anilines is 1. The summed E-state index contributed by atoms with van der Waals surface area (Å²) in [5.41, 5.74) is 8.26. The van der Waals surface area contributed by atoms with Crippen LogP contribution < -0.4 is 5.73 Å². The zero-order valence-electron chi connectivity index (χ0n) is 8.36. The van der Waals surface area contributed by atoms with Crippen LogP contribution >= 0.6 is 0 Å². The Morgan fingerprint density at radius 1 is 1.06 bits per heavy atom. The Morgan fingerprint density at radius 3 is 2.31 bits per heavy atom. The summed E-state index contributed by atoms with van der Waals surface area (Å²) in [5.74, 6) is 0.363. The van der Waals surface area contributed by atoms with E-state index >= 15 is 0 Å². The number of nitrogens with zero attached hydrogens (tertiary/aromatic N) is 2. The predicted molar refractivity (Wildman–Crippen MR) is 60.1 cm³/mol. The molecule has 2 rings (SSSR count). The van der Waals surface area contributed by atoms with E-state index in [-0.39, 0.29) is 0 Å². The highest BCUT2D eigenvalue weighted by Gasteiger charge is 2.09. The number of nitrogens with two attached hydrogens (primary N) is 1. The number of nitrogen functional groups attached to an aromatic ring is 1. The first-order chi connectivity index (χ1) is 7.76. The smallest absolute Gasteiger partial charge is 0.119 e. The van der Waals surface area contributed by atoms with Gasteiger partial charge in [0, 0.05) is 11.8 Å². The molecule has 0 unspecified atom stereocenters. The van der Waals surface area contributed by atoms with Crippen LogP contribution in [0.3, 0.4) is 0 Å². The fourth-order valence-corrected chi connectivity index (χ4v) is 1.51. The summed E-state index contributed by atoms with van der Waals surface area (Å²) in [4.78, 5) is 2.81. The molecule has 0 saturated heterocycles. The Morgan fingerprint density at radius 2 is 1.75 bits per heavy atom. The van der Waals surface area contributed by atoms with Crippen LogP contribution in [0.15, 0.2) is 30.5 Å². The number of hydrogen-bond acceptors (Lipinski definition) is 3. The average molecular weight is 208 g/mol. The second kappa shape index (κ2) is 3.80. The third-order valence-corrected chi connectivity index (χ3v) is 2.35. The number of aromatic amines is 1. The second-order valence-corrected chi connectivity index (χ2v) is 3.29. The molecule has 2 aromatic rings. The number of benzene rings is 1. The van der Waals surface area contributed by atoms with Gasteiger partial charge in [-0.2, -0.15) is 10.5 Å². The van der Waals surface area contributed by atoms with Crippen molar-refractivity contribution < 1.29 is 0 Å². The van der Waals surface area contributed by atoms with E-state index in [1.54, 1.807) is 30.5 Å². The summed E-state index contributed by atoms with van der Waals surface area (Å²) in [6.07, 6.45) is 1.69. The summed E-state index contributed by atoms with van der Waals surface area (Å²) in [6.45, 7) is 0. The summed E-state index contributed by atoms with van der Waals surface area (Å²) < 4.78 is 0. The molecule has 1 aromatic carbocycles. The standard InChI is InChI=1S/C12H8N4/c13-5-8-1-3-9(4-2-8)11-7-16-12(15)10(11)6-14/h1-4,7,16H,15H2. The number of rotatable bonds is 1. The van der Waals surface area contributed by atoms with Gasteiger partial charge in [0.2, 0.25) is 0 Å². The fraction of sp³-hybridized carbons (Fsp3) is 0. The Balaban J connectivity index is 2.52. The minimum absolute atomic E-state index is 0.363. The maximum absolute atomic E-state index is 8.95. The van der Waals surface area contributed by atoms with Gasteiger partial charge in [0.15, 0.2) is 0 Å². The van der Waals surface area contributed by atoms with E-state index in [1.807, 2.05) is 12.1 Å². The van der Waals surface area contributed by atoms with E-state index in [0.717, 1.165) is 11.1 Å². The van der Waals surface area contributed by atoms with Crippen molar-refractivity contribution in [3.8, 4) is 23.3 Å². The Kier molecular flexibility index (Phi) is 2.33. The van der Waals surface area contributed by atoms with Gasteiger partial charge >= 0.3 is 0 Å². The molecule has 0 spiro atoms. The summed E-state index contributed by atoms with van der Waals surface area (Å²) in [6, 6.07) is 11.1.